The van der Waals surface area contributed by atoms with E-state index in [4.69, 9.17) is 0 Å². The van der Waals surface area contributed by atoms with Gasteiger partial charge in [0.1, 0.15) is 0 Å². The van der Waals surface area contributed by atoms with E-state index >= 15 is 0 Å². The van der Waals surface area contributed by atoms with Gasteiger partial charge in [0.25, 0.3) is 0 Å². The first-order valence-corrected chi connectivity index (χ1v) is 5.37. The molecule has 1 aromatic rings. The Labute approximate surface area is 89.7 Å². The molecule has 0 unspecified atom stereocenters. The maximum atomic E-state index is 10.6. The normalized spacial score (nSPS) is 14.3. The number of H-pyrrole nitrogens is 1. The quantitative estimate of drug-likeness (QED) is 0.749. The monoisotopic (exact) mass is 201 g/mol. The van der Waals surface area contributed by atoms with Gasteiger partial charge in [0.15, 0.2) is 6.29 Å². The summed E-state index contributed by atoms with van der Waals surface area (Å²) in [5.41, 5.74) is 4.32. The van der Waals surface area contributed by atoms with Crippen molar-refractivity contribution in [2.24, 2.45) is 0 Å². The number of aromatic nitrogens is 1. The van der Waals surface area contributed by atoms with E-state index in [2.05, 4.69) is 30.1 Å². The summed E-state index contributed by atoms with van der Waals surface area (Å²) in [7, 11) is 0. The average Bonchev–Trinajstić information content (AvgIpc) is 2.56. The van der Waals surface area contributed by atoms with E-state index in [0.29, 0.717) is 5.69 Å². The van der Waals surface area contributed by atoms with Gasteiger partial charge in [-0.05, 0) is 30.5 Å². The Morgan fingerprint density at radius 1 is 1.47 bits per heavy atom. The van der Waals surface area contributed by atoms with Crippen LogP contribution in [0.2, 0.25) is 0 Å². The number of aromatic amines is 1. The number of allylic oxidation sites excluding steroid dienone is 3. The third-order valence-electron chi connectivity index (χ3n) is 2.67. The number of aldehydes is 1. The van der Waals surface area contributed by atoms with Gasteiger partial charge in [-0.2, -0.15) is 0 Å². The van der Waals surface area contributed by atoms with Crippen LogP contribution in [0.25, 0.3) is 6.08 Å². The first-order valence-electron chi connectivity index (χ1n) is 5.37. The molecule has 1 aliphatic rings. The smallest absolute Gasteiger partial charge is 0.166 e. The van der Waals surface area contributed by atoms with Gasteiger partial charge in [0.2, 0.25) is 0 Å². The van der Waals surface area contributed by atoms with Crippen molar-refractivity contribution >= 4 is 12.4 Å². The average molecular weight is 201 g/mol. The molecule has 2 rings (SSSR count). The highest BCUT2D eigenvalue weighted by Gasteiger charge is 2.07. The second kappa shape index (κ2) is 4.30. The van der Waals surface area contributed by atoms with Crippen LogP contribution in [-0.4, -0.2) is 11.3 Å². The van der Waals surface area contributed by atoms with E-state index in [1.807, 2.05) is 6.07 Å². The predicted octanol–water partition coefficient (Wildman–Crippen LogP) is 3.12. The predicted molar refractivity (Wildman–Crippen MR) is 61.9 cm³/mol. The number of carbonyl (C=O) groups is 1. The van der Waals surface area contributed by atoms with Crippen LogP contribution in [0.5, 0.6) is 0 Å². The summed E-state index contributed by atoms with van der Waals surface area (Å²) in [6.07, 6.45) is 10.5. The Balaban J connectivity index is 2.25. The Morgan fingerprint density at radius 3 is 3.07 bits per heavy atom. The van der Waals surface area contributed by atoms with Crippen LogP contribution in [0.4, 0.5) is 0 Å². The fourth-order valence-electron chi connectivity index (χ4n) is 1.89. The standard InChI is InChI=1S/C13H15NO/c1-2-3-10-4-6-11-8-12(9-15)14-13(11)7-5-10/h4-5,7-9,14H,2-3,6H2,1H3. The molecule has 0 saturated carbocycles. The summed E-state index contributed by atoms with van der Waals surface area (Å²) < 4.78 is 0. The fraction of sp³-hybridized carbons (Fsp3) is 0.308. The minimum Gasteiger partial charge on any atom is -0.353 e. The lowest BCUT2D eigenvalue weighted by molar-refractivity contribution is 0.111. The molecule has 0 aliphatic heterocycles. The molecule has 0 saturated heterocycles. The Kier molecular flexibility index (Phi) is 2.86. The third kappa shape index (κ3) is 2.09. The first kappa shape index (κ1) is 9.97. The van der Waals surface area contributed by atoms with E-state index < -0.39 is 0 Å². The lowest BCUT2D eigenvalue weighted by Crippen LogP contribution is -1.80. The number of rotatable bonds is 3. The zero-order valence-corrected chi connectivity index (χ0v) is 8.92. The van der Waals surface area contributed by atoms with Gasteiger partial charge in [-0.25, -0.2) is 0 Å². The van der Waals surface area contributed by atoms with Crippen LogP contribution in [0, 0.1) is 0 Å². The topological polar surface area (TPSA) is 32.9 Å². The van der Waals surface area contributed by atoms with Crippen molar-refractivity contribution in [3.8, 4) is 0 Å². The summed E-state index contributed by atoms with van der Waals surface area (Å²) in [5.74, 6) is 0. The Morgan fingerprint density at radius 2 is 2.33 bits per heavy atom. The second-order valence-electron chi connectivity index (χ2n) is 3.85. The molecule has 1 aliphatic carbocycles. The van der Waals surface area contributed by atoms with Crippen molar-refractivity contribution < 1.29 is 4.79 Å². The van der Waals surface area contributed by atoms with Gasteiger partial charge in [0, 0.05) is 5.69 Å². The zero-order chi connectivity index (χ0) is 10.7. The largest absolute Gasteiger partial charge is 0.353 e. The number of fused-ring (bicyclic) bond motifs is 1. The molecule has 0 atom stereocenters. The van der Waals surface area contributed by atoms with Crippen molar-refractivity contribution in [3.05, 3.63) is 40.7 Å². The van der Waals surface area contributed by atoms with Crippen molar-refractivity contribution in [3.63, 3.8) is 0 Å². The molecule has 2 heteroatoms. The van der Waals surface area contributed by atoms with Crippen LogP contribution in [0.15, 0.2) is 23.8 Å². The first-order chi connectivity index (χ1) is 7.33. The van der Waals surface area contributed by atoms with Crippen molar-refractivity contribution in [1.29, 1.82) is 0 Å². The van der Waals surface area contributed by atoms with Gasteiger partial charge in [0.05, 0.1) is 5.69 Å². The third-order valence-corrected chi connectivity index (χ3v) is 2.67. The Hall–Kier alpha value is -1.57. The van der Waals surface area contributed by atoms with E-state index in [-0.39, 0.29) is 0 Å². The highest BCUT2D eigenvalue weighted by atomic mass is 16.1. The minimum atomic E-state index is 0.664. The maximum absolute atomic E-state index is 10.6. The molecule has 1 heterocycles. The van der Waals surface area contributed by atoms with Gasteiger partial charge >= 0.3 is 0 Å². The molecular formula is C13H15NO. The summed E-state index contributed by atoms with van der Waals surface area (Å²) in [6.45, 7) is 2.18. The van der Waals surface area contributed by atoms with Gasteiger partial charge in [-0.15, -0.1) is 0 Å². The van der Waals surface area contributed by atoms with Crippen LogP contribution in [-0.2, 0) is 6.42 Å². The number of hydrogen-bond acceptors (Lipinski definition) is 1. The molecule has 0 fully saturated rings. The number of hydrogen-bond donors (Lipinski definition) is 1. The Bertz CT molecular complexity index is 424. The lowest BCUT2D eigenvalue weighted by Gasteiger charge is -1.96. The molecule has 1 aromatic heterocycles. The molecule has 0 radical (unpaired) electrons. The van der Waals surface area contributed by atoms with Crippen LogP contribution < -0.4 is 0 Å². The molecule has 2 nitrogen and oxygen atoms in total. The van der Waals surface area contributed by atoms with E-state index in [1.165, 1.54) is 17.6 Å². The highest BCUT2D eigenvalue weighted by Crippen LogP contribution is 2.20. The van der Waals surface area contributed by atoms with E-state index in [0.717, 1.165) is 24.8 Å². The minimum absolute atomic E-state index is 0.664. The molecule has 0 amide bonds. The van der Waals surface area contributed by atoms with Crippen molar-refractivity contribution in [2.75, 3.05) is 0 Å². The highest BCUT2D eigenvalue weighted by molar-refractivity contribution is 5.75. The molecule has 15 heavy (non-hydrogen) atoms. The molecule has 78 valence electrons. The SMILES string of the molecule is CCCC1=CCc2cc(C=O)[nH]c2C=C1. The van der Waals surface area contributed by atoms with Crippen LogP contribution in [0.1, 0.15) is 41.5 Å². The maximum Gasteiger partial charge on any atom is 0.166 e. The summed E-state index contributed by atoms with van der Waals surface area (Å²) in [5, 5.41) is 0. The second-order valence-corrected chi connectivity index (χ2v) is 3.85. The van der Waals surface area contributed by atoms with Gasteiger partial charge in [-0.1, -0.05) is 31.1 Å². The molecule has 0 bridgehead atoms. The lowest BCUT2D eigenvalue weighted by atomic mass is 10.1. The van der Waals surface area contributed by atoms with Crippen LogP contribution >= 0.6 is 0 Å². The summed E-state index contributed by atoms with van der Waals surface area (Å²) in [4.78, 5) is 13.7. The molecule has 1 N–H and O–H groups in total. The van der Waals surface area contributed by atoms with Crippen LogP contribution in [0.3, 0.4) is 0 Å². The van der Waals surface area contributed by atoms with E-state index in [1.54, 1.807) is 0 Å². The fourth-order valence-corrected chi connectivity index (χ4v) is 1.89. The molecule has 0 spiro atoms. The summed E-state index contributed by atoms with van der Waals surface area (Å²) in [6, 6.07) is 1.93. The number of carbonyl (C=O) groups excluding carboxylic acids is 1. The van der Waals surface area contributed by atoms with Crippen molar-refractivity contribution in [1.82, 2.24) is 4.98 Å². The van der Waals surface area contributed by atoms with Crippen molar-refractivity contribution in [2.45, 2.75) is 26.2 Å². The van der Waals surface area contributed by atoms with E-state index in [9.17, 15) is 4.79 Å². The van der Waals surface area contributed by atoms with Gasteiger partial charge in [-0.3, -0.25) is 4.79 Å². The molecular weight excluding hydrogens is 186 g/mol. The zero-order valence-electron chi connectivity index (χ0n) is 8.92. The van der Waals surface area contributed by atoms with Gasteiger partial charge < -0.3 is 4.98 Å². The number of nitrogens with one attached hydrogen (secondary N) is 1. The molecule has 0 aromatic carbocycles. The summed E-state index contributed by atoms with van der Waals surface area (Å²) >= 11 is 0.